The molecule has 0 unspecified atom stereocenters. The van der Waals surface area contributed by atoms with E-state index >= 15 is 0 Å². The molecule has 0 spiro atoms. The first-order valence-electron chi connectivity index (χ1n) is 11.5. The minimum absolute atomic E-state index is 0.0141. The Labute approximate surface area is 192 Å². The number of rotatable bonds is 5. The van der Waals surface area contributed by atoms with Gasteiger partial charge in [0.05, 0.1) is 5.56 Å². The van der Waals surface area contributed by atoms with Crippen molar-refractivity contribution >= 4 is 5.97 Å². The second-order valence-electron chi connectivity index (χ2n) is 8.87. The molecule has 1 fully saturated rings. The van der Waals surface area contributed by atoms with Crippen molar-refractivity contribution in [3.63, 3.8) is 0 Å². The van der Waals surface area contributed by atoms with Crippen LogP contribution in [0, 0.1) is 23.4 Å². The third kappa shape index (κ3) is 4.97. The number of aryl methyl sites for hydroxylation is 1. The molecule has 0 heterocycles. The molecule has 0 aliphatic heterocycles. The van der Waals surface area contributed by atoms with Gasteiger partial charge in [-0.3, -0.25) is 0 Å². The van der Waals surface area contributed by atoms with E-state index in [4.69, 9.17) is 4.74 Å². The van der Waals surface area contributed by atoms with Crippen LogP contribution in [0.25, 0.3) is 11.1 Å². The van der Waals surface area contributed by atoms with E-state index in [1.165, 1.54) is 30.3 Å². The van der Waals surface area contributed by atoms with Gasteiger partial charge >= 0.3 is 5.97 Å². The van der Waals surface area contributed by atoms with Crippen LogP contribution >= 0.6 is 0 Å². The largest absolute Gasteiger partial charge is 0.420 e. The Morgan fingerprint density at radius 2 is 1.61 bits per heavy atom. The molecule has 3 aromatic rings. The van der Waals surface area contributed by atoms with E-state index in [1.807, 2.05) is 13.0 Å². The lowest BCUT2D eigenvalue weighted by Crippen LogP contribution is -2.14. The van der Waals surface area contributed by atoms with Crippen molar-refractivity contribution < 1.29 is 22.7 Å². The molecule has 0 radical (unpaired) electrons. The molecular weight excluding hydrogens is 425 g/mol. The predicted octanol–water partition coefficient (Wildman–Crippen LogP) is 7.85. The summed E-state index contributed by atoms with van der Waals surface area (Å²) in [6, 6.07) is 14.1. The Bertz CT molecular complexity index is 1150. The monoisotopic (exact) mass is 452 g/mol. The Morgan fingerprint density at radius 1 is 0.909 bits per heavy atom. The van der Waals surface area contributed by atoms with Crippen LogP contribution in [0.1, 0.15) is 66.9 Å². The highest BCUT2D eigenvalue weighted by Gasteiger charge is 2.26. The number of carbonyl (C=O) groups is 1. The summed E-state index contributed by atoms with van der Waals surface area (Å²) in [6.07, 6.45) is 4.37. The fraction of sp³-hybridized carbons (Fsp3) is 0.321. The maximum Gasteiger partial charge on any atom is 0.343 e. The molecular formula is C28H27F3O2. The average Bonchev–Trinajstić information content (AvgIpc) is 2.83. The lowest BCUT2D eigenvalue weighted by molar-refractivity contribution is 0.0726. The van der Waals surface area contributed by atoms with E-state index in [2.05, 4.69) is 6.92 Å². The van der Waals surface area contributed by atoms with E-state index in [0.717, 1.165) is 37.7 Å². The highest BCUT2D eigenvalue weighted by molar-refractivity contribution is 5.91. The fourth-order valence-corrected chi connectivity index (χ4v) is 4.47. The quantitative estimate of drug-likeness (QED) is 0.291. The minimum atomic E-state index is -1.14. The van der Waals surface area contributed by atoms with E-state index in [-0.39, 0.29) is 17.3 Å². The zero-order valence-electron chi connectivity index (χ0n) is 18.8. The summed E-state index contributed by atoms with van der Waals surface area (Å²) in [4.78, 5) is 12.5. The zero-order valence-corrected chi connectivity index (χ0v) is 18.8. The molecule has 1 aliphatic carbocycles. The summed E-state index contributed by atoms with van der Waals surface area (Å²) in [6.45, 7) is 4.12. The van der Waals surface area contributed by atoms with Crippen LogP contribution in [0.2, 0.25) is 0 Å². The number of ether oxygens (including phenoxy) is 1. The van der Waals surface area contributed by atoms with Crippen LogP contribution in [-0.4, -0.2) is 5.97 Å². The molecule has 0 saturated heterocycles. The number of carbonyl (C=O) groups excluding carboxylic acids is 1. The van der Waals surface area contributed by atoms with E-state index in [0.29, 0.717) is 22.6 Å². The van der Waals surface area contributed by atoms with Crippen molar-refractivity contribution in [3.05, 3.63) is 88.7 Å². The average molecular weight is 453 g/mol. The first-order valence-corrected chi connectivity index (χ1v) is 11.5. The van der Waals surface area contributed by atoms with Crippen molar-refractivity contribution in [2.45, 2.75) is 51.9 Å². The van der Waals surface area contributed by atoms with Crippen LogP contribution in [-0.2, 0) is 6.42 Å². The predicted molar refractivity (Wildman–Crippen MR) is 123 cm³/mol. The number of hydrogen-bond acceptors (Lipinski definition) is 2. The fourth-order valence-electron chi connectivity index (χ4n) is 4.47. The van der Waals surface area contributed by atoms with Gasteiger partial charge in [0.1, 0.15) is 5.82 Å². The molecule has 0 bridgehead atoms. The third-order valence-electron chi connectivity index (χ3n) is 6.61. The standard InChI is InChI=1S/C28H27F3O2/c1-3-18-6-13-22(24(29)16-18)19-9-11-21(12-10-19)28(32)33-25-15-14-23(26(30)27(25)31)20-7-4-17(2)5-8-20/h6,9-17,20H,3-5,7-8H2,1-2H3. The van der Waals surface area contributed by atoms with Gasteiger partial charge in [0.2, 0.25) is 5.82 Å². The highest BCUT2D eigenvalue weighted by Crippen LogP contribution is 2.38. The molecule has 3 aromatic carbocycles. The first kappa shape index (κ1) is 23.1. The SMILES string of the molecule is CCc1ccc(-c2ccc(C(=O)Oc3ccc(C4CCC(C)CC4)c(F)c3F)cc2)c(F)c1. The van der Waals surface area contributed by atoms with Crippen molar-refractivity contribution in [1.29, 1.82) is 0 Å². The minimum Gasteiger partial charge on any atom is -0.420 e. The van der Waals surface area contributed by atoms with E-state index in [9.17, 15) is 18.0 Å². The van der Waals surface area contributed by atoms with Gasteiger partial charge in [-0.05, 0) is 72.1 Å². The van der Waals surface area contributed by atoms with Crippen LogP contribution in [0.15, 0.2) is 54.6 Å². The number of halogens is 3. The Balaban J connectivity index is 1.48. The highest BCUT2D eigenvalue weighted by atomic mass is 19.2. The molecule has 0 N–H and O–H groups in total. The summed E-state index contributed by atoms with van der Waals surface area (Å²) >= 11 is 0. The molecule has 0 atom stereocenters. The molecule has 33 heavy (non-hydrogen) atoms. The Kier molecular flexibility index (Phi) is 6.87. The second-order valence-corrected chi connectivity index (χ2v) is 8.87. The van der Waals surface area contributed by atoms with Crippen LogP contribution < -0.4 is 4.74 Å². The molecule has 5 heteroatoms. The third-order valence-corrected chi connectivity index (χ3v) is 6.61. The van der Waals surface area contributed by atoms with Crippen molar-refractivity contribution in [3.8, 4) is 16.9 Å². The molecule has 4 rings (SSSR count). The summed E-state index contributed by atoms with van der Waals surface area (Å²) in [5, 5.41) is 0. The van der Waals surface area contributed by atoms with Crippen LogP contribution in [0.4, 0.5) is 13.2 Å². The Hall–Kier alpha value is -3.08. The van der Waals surface area contributed by atoms with Gasteiger partial charge in [-0.15, -0.1) is 0 Å². The van der Waals surface area contributed by atoms with Gasteiger partial charge in [0.25, 0.3) is 0 Å². The molecule has 2 nitrogen and oxygen atoms in total. The normalized spacial score (nSPS) is 18.2. The smallest absolute Gasteiger partial charge is 0.343 e. The Morgan fingerprint density at radius 3 is 2.24 bits per heavy atom. The first-order chi connectivity index (χ1) is 15.9. The van der Waals surface area contributed by atoms with E-state index in [1.54, 1.807) is 18.2 Å². The summed E-state index contributed by atoms with van der Waals surface area (Å²) in [5.41, 5.74) is 2.44. The summed E-state index contributed by atoms with van der Waals surface area (Å²) in [5.74, 6) is -3.07. The van der Waals surface area contributed by atoms with Crippen molar-refractivity contribution in [1.82, 2.24) is 0 Å². The lowest BCUT2D eigenvalue weighted by atomic mass is 9.79. The van der Waals surface area contributed by atoms with Gasteiger partial charge in [-0.2, -0.15) is 4.39 Å². The molecule has 1 aliphatic rings. The van der Waals surface area contributed by atoms with Gasteiger partial charge in [-0.25, -0.2) is 13.6 Å². The van der Waals surface area contributed by atoms with Crippen molar-refractivity contribution in [2.24, 2.45) is 5.92 Å². The molecule has 0 aromatic heterocycles. The molecule has 0 amide bonds. The second kappa shape index (κ2) is 9.82. The maximum absolute atomic E-state index is 14.7. The number of hydrogen-bond donors (Lipinski definition) is 0. The van der Waals surface area contributed by atoms with Crippen LogP contribution in [0.5, 0.6) is 5.75 Å². The van der Waals surface area contributed by atoms with Gasteiger partial charge < -0.3 is 4.74 Å². The van der Waals surface area contributed by atoms with Crippen LogP contribution in [0.3, 0.4) is 0 Å². The zero-order chi connectivity index (χ0) is 23.5. The van der Waals surface area contributed by atoms with Gasteiger partial charge in [0, 0.05) is 5.56 Å². The van der Waals surface area contributed by atoms with E-state index < -0.39 is 23.4 Å². The molecule has 172 valence electrons. The lowest BCUT2D eigenvalue weighted by Gasteiger charge is -2.27. The summed E-state index contributed by atoms with van der Waals surface area (Å²) < 4.78 is 48.9. The maximum atomic E-state index is 14.7. The van der Waals surface area contributed by atoms with Crippen molar-refractivity contribution in [2.75, 3.05) is 0 Å². The summed E-state index contributed by atoms with van der Waals surface area (Å²) in [7, 11) is 0. The molecule has 1 saturated carbocycles. The topological polar surface area (TPSA) is 26.3 Å². The number of esters is 1. The number of benzene rings is 3. The van der Waals surface area contributed by atoms with Gasteiger partial charge in [-0.1, -0.05) is 57.0 Å². The van der Waals surface area contributed by atoms with Gasteiger partial charge in [0.15, 0.2) is 11.6 Å².